The van der Waals surface area contributed by atoms with Crippen molar-refractivity contribution in [3.05, 3.63) is 24.3 Å². The number of hydrogen-bond donors (Lipinski definition) is 1. The van der Waals surface area contributed by atoms with Crippen LogP contribution < -0.4 is 14.8 Å². The average Bonchev–Trinajstić information content (AvgIpc) is 2.52. The zero-order valence-corrected chi connectivity index (χ0v) is 16.4. The van der Waals surface area contributed by atoms with Crippen LogP contribution in [0.2, 0.25) is 0 Å². The van der Waals surface area contributed by atoms with Crippen molar-refractivity contribution >= 4 is 15.9 Å². The molecule has 0 saturated heterocycles. The van der Waals surface area contributed by atoms with Crippen LogP contribution in [0.4, 0.5) is 0 Å². The van der Waals surface area contributed by atoms with Crippen LogP contribution in [0.25, 0.3) is 0 Å². The summed E-state index contributed by atoms with van der Waals surface area (Å²) in [6.07, 6.45) is 1.14. The van der Waals surface area contributed by atoms with Gasteiger partial charge in [0.15, 0.2) is 0 Å². The Morgan fingerprint density at radius 3 is 2.16 bits per heavy atom. The van der Waals surface area contributed by atoms with Crippen LogP contribution in [0.15, 0.2) is 24.3 Å². The van der Waals surface area contributed by atoms with E-state index in [9.17, 15) is 13.2 Å². The molecule has 0 bridgehead atoms. The lowest BCUT2D eigenvalue weighted by atomic mass is 9.96. The van der Waals surface area contributed by atoms with E-state index < -0.39 is 15.4 Å². The first-order valence-corrected chi connectivity index (χ1v) is 9.89. The Bertz CT molecular complexity index is 651. The van der Waals surface area contributed by atoms with Crippen molar-refractivity contribution in [3.63, 3.8) is 0 Å². The van der Waals surface area contributed by atoms with Gasteiger partial charge in [0.05, 0.1) is 13.4 Å². The summed E-state index contributed by atoms with van der Waals surface area (Å²) >= 11 is 0. The van der Waals surface area contributed by atoms with Crippen molar-refractivity contribution < 1.29 is 22.7 Å². The van der Waals surface area contributed by atoms with Crippen molar-refractivity contribution in [2.75, 3.05) is 39.6 Å². The third-order valence-corrected chi connectivity index (χ3v) is 4.77. The number of ether oxygens (including phenoxy) is 2. The molecule has 0 unspecified atom stereocenters. The molecule has 0 radical (unpaired) electrons. The zero-order valence-electron chi connectivity index (χ0n) is 15.5. The maximum absolute atomic E-state index is 11.9. The number of carbonyl (C=O) groups excluding carboxylic acids is 1. The lowest BCUT2D eigenvalue weighted by Gasteiger charge is -2.22. The van der Waals surface area contributed by atoms with Gasteiger partial charge in [-0.15, -0.1) is 0 Å². The van der Waals surface area contributed by atoms with Crippen molar-refractivity contribution in [3.8, 4) is 11.5 Å². The smallest absolute Gasteiger partial charge is 0.225 e. The summed E-state index contributed by atoms with van der Waals surface area (Å²) in [7, 11) is -1.80. The molecular formula is C17H28N2O5S. The molecule has 25 heavy (non-hydrogen) atoms. The highest BCUT2D eigenvalue weighted by Crippen LogP contribution is 2.17. The SMILES string of the molecule is COc1ccc(OCCN(CCNC(=O)C(C)(C)C)S(C)(=O)=O)cc1. The quantitative estimate of drug-likeness (QED) is 0.710. The Morgan fingerprint density at radius 1 is 1.12 bits per heavy atom. The van der Waals surface area contributed by atoms with Gasteiger partial charge in [0.1, 0.15) is 18.1 Å². The van der Waals surface area contributed by atoms with Crippen LogP contribution in [-0.2, 0) is 14.8 Å². The number of nitrogens with zero attached hydrogens (tertiary/aromatic N) is 1. The summed E-state index contributed by atoms with van der Waals surface area (Å²) < 4.78 is 35.7. The summed E-state index contributed by atoms with van der Waals surface area (Å²) in [5.74, 6) is 1.24. The van der Waals surface area contributed by atoms with Gasteiger partial charge in [-0.1, -0.05) is 20.8 Å². The van der Waals surface area contributed by atoms with E-state index in [0.717, 1.165) is 12.0 Å². The molecule has 1 aromatic rings. The highest BCUT2D eigenvalue weighted by atomic mass is 32.2. The zero-order chi connectivity index (χ0) is 19.1. The maximum Gasteiger partial charge on any atom is 0.225 e. The summed E-state index contributed by atoms with van der Waals surface area (Å²) in [5, 5.41) is 2.75. The number of amides is 1. The van der Waals surface area contributed by atoms with Crippen molar-refractivity contribution in [1.29, 1.82) is 0 Å². The van der Waals surface area contributed by atoms with Crippen LogP contribution in [0.1, 0.15) is 20.8 Å². The molecule has 0 aliphatic rings. The number of sulfonamides is 1. The molecule has 8 heteroatoms. The molecule has 0 fully saturated rings. The highest BCUT2D eigenvalue weighted by Gasteiger charge is 2.22. The van der Waals surface area contributed by atoms with Crippen LogP contribution in [0.5, 0.6) is 11.5 Å². The predicted octanol–water partition coefficient (Wildman–Crippen LogP) is 1.50. The first-order chi connectivity index (χ1) is 11.5. The van der Waals surface area contributed by atoms with Gasteiger partial charge in [0.25, 0.3) is 0 Å². The van der Waals surface area contributed by atoms with Crippen molar-refractivity contribution in [2.45, 2.75) is 20.8 Å². The molecule has 0 heterocycles. The minimum Gasteiger partial charge on any atom is -0.497 e. The lowest BCUT2D eigenvalue weighted by Crippen LogP contribution is -2.42. The monoisotopic (exact) mass is 372 g/mol. The molecule has 1 rings (SSSR count). The molecule has 1 amide bonds. The van der Waals surface area contributed by atoms with Gasteiger partial charge in [-0.25, -0.2) is 8.42 Å². The normalized spacial score (nSPS) is 12.1. The van der Waals surface area contributed by atoms with E-state index in [1.54, 1.807) is 52.1 Å². The molecule has 0 aromatic heterocycles. The molecule has 7 nitrogen and oxygen atoms in total. The van der Waals surface area contributed by atoms with Gasteiger partial charge in [-0.2, -0.15) is 4.31 Å². The van der Waals surface area contributed by atoms with E-state index in [1.807, 2.05) is 0 Å². The van der Waals surface area contributed by atoms with Gasteiger partial charge in [0.2, 0.25) is 15.9 Å². The Kier molecular flexibility index (Phi) is 7.69. The fourth-order valence-electron chi connectivity index (χ4n) is 1.94. The molecule has 0 saturated carbocycles. The van der Waals surface area contributed by atoms with Crippen molar-refractivity contribution in [1.82, 2.24) is 9.62 Å². The Morgan fingerprint density at radius 2 is 1.68 bits per heavy atom. The molecule has 0 atom stereocenters. The molecule has 0 aliphatic carbocycles. The van der Waals surface area contributed by atoms with E-state index in [0.29, 0.717) is 5.75 Å². The number of hydrogen-bond acceptors (Lipinski definition) is 5. The minimum atomic E-state index is -3.38. The summed E-state index contributed by atoms with van der Waals surface area (Å²) in [4.78, 5) is 11.8. The third-order valence-electron chi connectivity index (χ3n) is 3.47. The number of nitrogens with one attached hydrogen (secondary N) is 1. The average molecular weight is 372 g/mol. The third kappa shape index (κ3) is 7.74. The fourth-order valence-corrected chi connectivity index (χ4v) is 2.77. The Labute approximate surface area is 150 Å². The second-order valence-corrected chi connectivity index (χ2v) is 8.67. The lowest BCUT2D eigenvalue weighted by molar-refractivity contribution is -0.128. The van der Waals surface area contributed by atoms with Gasteiger partial charge >= 0.3 is 0 Å². The predicted molar refractivity (Wildman–Crippen MR) is 97.4 cm³/mol. The molecule has 142 valence electrons. The first-order valence-electron chi connectivity index (χ1n) is 8.04. The Hall–Kier alpha value is -1.80. The summed E-state index contributed by atoms with van der Waals surface area (Å²) in [6.45, 7) is 6.29. The maximum atomic E-state index is 11.9. The van der Waals surface area contributed by atoms with Crippen LogP contribution >= 0.6 is 0 Å². The summed E-state index contributed by atoms with van der Waals surface area (Å²) in [6, 6.07) is 7.05. The number of methoxy groups -OCH3 is 1. The fraction of sp³-hybridized carbons (Fsp3) is 0.588. The number of carbonyl (C=O) groups is 1. The van der Waals surface area contributed by atoms with E-state index >= 15 is 0 Å². The van der Waals surface area contributed by atoms with Crippen LogP contribution in [0, 0.1) is 5.41 Å². The van der Waals surface area contributed by atoms with E-state index in [1.165, 1.54) is 4.31 Å². The highest BCUT2D eigenvalue weighted by molar-refractivity contribution is 7.88. The molecule has 0 aliphatic heterocycles. The van der Waals surface area contributed by atoms with Crippen molar-refractivity contribution in [2.24, 2.45) is 5.41 Å². The van der Waals surface area contributed by atoms with E-state index in [2.05, 4.69) is 5.32 Å². The standard InChI is InChI=1S/C17H28N2O5S/c1-17(2,3)16(20)18-10-11-19(25(5,21)22)12-13-24-15-8-6-14(23-4)7-9-15/h6-9H,10-13H2,1-5H3,(H,18,20). The largest absolute Gasteiger partial charge is 0.497 e. The first kappa shape index (κ1) is 21.2. The van der Waals surface area contributed by atoms with Gasteiger partial charge in [0, 0.05) is 25.0 Å². The second-order valence-electron chi connectivity index (χ2n) is 6.69. The number of rotatable bonds is 9. The summed E-state index contributed by atoms with van der Waals surface area (Å²) in [5.41, 5.74) is -0.507. The van der Waals surface area contributed by atoms with Gasteiger partial charge < -0.3 is 14.8 Å². The number of benzene rings is 1. The molecular weight excluding hydrogens is 344 g/mol. The van der Waals surface area contributed by atoms with E-state index in [-0.39, 0.29) is 32.1 Å². The molecule has 1 aromatic carbocycles. The molecule has 0 spiro atoms. The minimum absolute atomic E-state index is 0.115. The molecule has 1 N–H and O–H groups in total. The topological polar surface area (TPSA) is 84.9 Å². The second kappa shape index (κ2) is 9.05. The van der Waals surface area contributed by atoms with Gasteiger partial charge in [-0.3, -0.25) is 4.79 Å². The Balaban J connectivity index is 2.49. The van der Waals surface area contributed by atoms with Gasteiger partial charge in [-0.05, 0) is 24.3 Å². The van der Waals surface area contributed by atoms with E-state index in [4.69, 9.17) is 9.47 Å². The van der Waals surface area contributed by atoms with Crippen LogP contribution in [0.3, 0.4) is 0 Å². The van der Waals surface area contributed by atoms with Crippen LogP contribution in [-0.4, -0.2) is 58.2 Å².